The first-order valence-electron chi connectivity index (χ1n) is 7.86. The van der Waals surface area contributed by atoms with E-state index >= 15 is 0 Å². The van der Waals surface area contributed by atoms with Gasteiger partial charge in [0.2, 0.25) is 0 Å². The molecule has 0 bridgehead atoms. The average molecular weight is 250 g/mol. The molecule has 1 heterocycles. The van der Waals surface area contributed by atoms with Gasteiger partial charge in [-0.1, -0.05) is 25.5 Å². The summed E-state index contributed by atoms with van der Waals surface area (Å²) >= 11 is 0. The van der Waals surface area contributed by atoms with Crippen LogP contribution in [-0.4, -0.2) is 36.1 Å². The van der Waals surface area contributed by atoms with E-state index in [0.29, 0.717) is 11.6 Å². The summed E-state index contributed by atoms with van der Waals surface area (Å²) in [7, 11) is 0. The standard InChI is InChI=1S/C16H30N2/c1-4-16(5-2)13-18(14(3)12-17-16)11-10-15-8-6-7-9-15/h8,14,17H,4-7,9-13H2,1-3H3. The molecule has 1 aliphatic carbocycles. The molecular weight excluding hydrogens is 220 g/mol. The third kappa shape index (κ3) is 3.16. The molecule has 1 aliphatic heterocycles. The zero-order chi connectivity index (χ0) is 13.0. The van der Waals surface area contributed by atoms with Gasteiger partial charge in [-0.05, 0) is 45.4 Å². The molecule has 1 N–H and O–H groups in total. The molecule has 1 unspecified atom stereocenters. The highest BCUT2D eigenvalue weighted by atomic mass is 15.2. The number of allylic oxidation sites excluding steroid dienone is 1. The minimum Gasteiger partial charge on any atom is -0.308 e. The Hall–Kier alpha value is -0.340. The second kappa shape index (κ2) is 6.21. The fourth-order valence-electron chi connectivity index (χ4n) is 3.37. The molecule has 104 valence electrons. The van der Waals surface area contributed by atoms with Gasteiger partial charge in [-0.15, -0.1) is 0 Å². The van der Waals surface area contributed by atoms with Crippen molar-refractivity contribution < 1.29 is 0 Å². The van der Waals surface area contributed by atoms with Crippen LogP contribution in [0.4, 0.5) is 0 Å². The zero-order valence-corrected chi connectivity index (χ0v) is 12.5. The topological polar surface area (TPSA) is 15.3 Å². The van der Waals surface area contributed by atoms with E-state index in [1.807, 2.05) is 0 Å². The van der Waals surface area contributed by atoms with Crippen LogP contribution in [0.5, 0.6) is 0 Å². The number of hydrogen-bond acceptors (Lipinski definition) is 2. The summed E-state index contributed by atoms with van der Waals surface area (Å²) in [6.45, 7) is 10.7. The lowest BCUT2D eigenvalue weighted by atomic mass is 9.88. The van der Waals surface area contributed by atoms with Gasteiger partial charge in [-0.3, -0.25) is 4.90 Å². The molecule has 0 aromatic carbocycles. The predicted octanol–water partition coefficient (Wildman–Crippen LogP) is 3.34. The monoisotopic (exact) mass is 250 g/mol. The van der Waals surface area contributed by atoms with Crippen molar-refractivity contribution >= 4 is 0 Å². The summed E-state index contributed by atoms with van der Waals surface area (Å²) in [5, 5.41) is 3.78. The Morgan fingerprint density at radius 2 is 2.17 bits per heavy atom. The molecule has 2 nitrogen and oxygen atoms in total. The van der Waals surface area contributed by atoms with Crippen LogP contribution in [0.2, 0.25) is 0 Å². The first-order valence-corrected chi connectivity index (χ1v) is 7.86. The van der Waals surface area contributed by atoms with Crippen LogP contribution in [0.3, 0.4) is 0 Å². The molecule has 1 fully saturated rings. The first kappa shape index (κ1) is 14.1. The van der Waals surface area contributed by atoms with Gasteiger partial charge in [0.15, 0.2) is 0 Å². The number of hydrogen-bond donors (Lipinski definition) is 1. The van der Waals surface area contributed by atoms with Gasteiger partial charge in [0.25, 0.3) is 0 Å². The van der Waals surface area contributed by atoms with Crippen LogP contribution < -0.4 is 5.32 Å². The lowest BCUT2D eigenvalue weighted by Gasteiger charge is -2.46. The van der Waals surface area contributed by atoms with Crippen molar-refractivity contribution in [1.29, 1.82) is 0 Å². The quantitative estimate of drug-likeness (QED) is 0.753. The number of rotatable bonds is 5. The Kier molecular flexibility index (Phi) is 4.85. The largest absolute Gasteiger partial charge is 0.308 e. The summed E-state index contributed by atoms with van der Waals surface area (Å²) in [5.41, 5.74) is 2.08. The van der Waals surface area contributed by atoms with Crippen LogP contribution in [-0.2, 0) is 0 Å². The van der Waals surface area contributed by atoms with Crippen LogP contribution in [0.15, 0.2) is 11.6 Å². The van der Waals surface area contributed by atoms with E-state index in [2.05, 4.69) is 37.1 Å². The molecule has 0 aromatic rings. The van der Waals surface area contributed by atoms with E-state index in [1.54, 1.807) is 5.57 Å². The normalized spacial score (nSPS) is 28.4. The van der Waals surface area contributed by atoms with Gasteiger partial charge in [-0.2, -0.15) is 0 Å². The molecule has 18 heavy (non-hydrogen) atoms. The molecule has 2 rings (SSSR count). The smallest absolute Gasteiger partial charge is 0.0304 e. The van der Waals surface area contributed by atoms with Gasteiger partial charge >= 0.3 is 0 Å². The summed E-state index contributed by atoms with van der Waals surface area (Å²) in [5.74, 6) is 0. The fraction of sp³-hybridized carbons (Fsp3) is 0.875. The van der Waals surface area contributed by atoms with E-state index in [9.17, 15) is 0 Å². The van der Waals surface area contributed by atoms with Gasteiger partial charge in [-0.25, -0.2) is 0 Å². The lowest BCUT2D eigenvalue weighted by Crippen LogP contribution is -2.63. The van der Waals surface area contributed by atoms with Crippen molar-refractivity contribution in [1.82, 2.24) is 10.2 Å². The molecule has 1 atom stereocenters. The summed E-state index contributed by atoms with van der Waals surface area (Å²) in [6.07, 6.45) is 10.3. The van der Waals surface area contributed by atoms with Crippen LogP contribution >= 0.6 is 0 Å². The van der Waals surface area contributed by atoms with E-state index in [-0.39, 0.29) is 0 Å². The summed E-state index contributed by atoms with van der Waals surface area (Å²) in [6, 6.07) is 0.693. The van der Waals surface area contributed by atoms with Gasteiger partial charge in [0.1, 0.15) is 0 Å². The molecule has 0 spiro atoms. The third-order valence-electron chi connectivity index (χ3n) is 5.11. The van der Waals surface area contributed by atoms with Crippen molar-refractivity contribution in [2.24, 2.45) is 0 Å². The Morgan fingerprint density at radius 1 is 1.39 bits per heavy atom. The van der Waals surface area contributed by atoms with Crippen molar-refractivity contribution in [2.75, 3.05) is 19.6 Å². The maximum absolute atomic E-state index is 3.78. The summed E-state index contributed by atoms with van der Waals surface area (Å²) < 4.78 is 0. The van der Waals surface area contributed by atoms with Crippen molar-refractivity contribution in [3.63, 3.8) is 0 Å². The fourth-order valence-corrected chi connectivity index (χ4v) is 3.37. The number of piperazine rings is 1. The van der Waals surface area contributed by atoms with E-state index in [1.165, 1.54) is 51.6 Å². The molecule has 0 saturated carbocycles. The van der Waals surface area contributed by atoms with Crippen molar-refractivity contribution in [3.8, 4) is 0 Å². The second-order valence-corrected chi connectivity index (χ2v) is 6.19. The summed E-state index contributed by atoms with van der Waals surface area (Å²) in [4.78, 5) is 2.71. The van der Waals surface area contributed by atoms with Crippen LogP contribution in [0, 0.1) is 0 Å². The number of nitrogens with one attached hydrogen (secondary N) is 1. The molecule has 0 amide bonds. The highest BCUT2D eigenvalue weighted by molar-refractivity contribution is 5.08. The maximum atomic E-state index is 3.78. The Morgan fingerprint density at radius 3 is 2.78 bits per heavy atom. The molecule has 2 aliphatic rings. The van der Waals surface area contributed by atoms with Gasteiger partial charge in [0, 0.05) is 31.2 Å². The Labute approximate surface area is 113 Å². The lowest BCUT2D eigenvalue weighted by molar-refractivity contribution is 0.0818. The van der Waals surface area contributed by atoms with E-state index < -0.39 is 0 Å². The molecule has 0 radical (unpaired) electrons. The molecule has 0 aromatic heterocycles. The molecule has 1 saturated heterocycles. The highest BCUT2D eigenvalue weighted by Gasteiger charge is 2.34. The van der Waals surface area contributed by atoms with Crippen LogP contribution in [0.25, 0.3) is 0 Å². The minimum atomic E-state index is 0.372. The minimum absolute atomic E-state index is 0.372. The van der Waals surface area contributed by atoms with Gasteiger partial charge < -0.3 is 5.32 Å². The van der Waals surface area contributed by atoms with E-state index in [0.717, 1.165) is 6.54 Å². The van der Waals surface area contributed by atoms with Crippen molar-refractivity contribution in [3.05, 3.63) is 11.6 Å². The molecular formula is C16H30N2. The van der Waals surface area contributed by atoms with E-state index in [4.69, 9.17) is 0 Å². The predicted molar refractivity (Wildman–Crippen MR) is 78.9 cm³/mol. The second-order valence-electron chi connectivity index (χ2n) is 6.19. The Bertz CT molecular complexity index is 291. The highest BCUT2D eigenvalue weighted by Crippen LogP contribution is 2.25. The zero-order valence-electron chi connectivity index (χ0n) is 12.5. The van der Waals surface area contributed by atoms with Crippen LogP contribution in [0.1, 0.15) is 59.3 Å². The SMILES string of the molecule is CCC1(CC)CN(CCC2=CCCC2)C(C)CN1. The molecule has 2 heteroatoms. The first-order chi connectivity index (χ1) is 8.69. The van der Waals surface area contributed by atoms with Gasteiger partial charge in [0.05, 0.1) is 0 Å². The Balaban J connectivity index is 1.88. The third-order valence-corrected chi connectivity index (χ3v) is 5.11. The maximum Gasteiger partial charge on any atom is 0.0304 e. The average Bonchev–Trinajstić information content (AvgIpc) is 2.91. The van der Waals surface area contributed by atoms with Crippen molar-refractivity contribution in [2.45, 2.75) is 70.9 Å². The number of nitrogens with zero attached hydrogens (tertiary/aromatic N) is 1.